The van der Waals surface area contributed by atoms with E-state index in [4.69, 9.17) is 0 Å². The molecule has 23 heavy (non-hydrogen) atoms. The number of urea groups is 1. The van der Waals surface area contributed by atoms with Gasteiger partial charge in [-0.3, -0.25) is 0 Å². The third-order valence-corrected chi connectivity index (χ3v) is 4.09. The molecule has 0 bridgehead atoms. The van der Waals surface area contributed by atoms with Gasteiger partial charge in [-0.25, -0.2) is 9.78 Å². The van der Waals surface area contributed by atoms with E-state index in [0.717, 1.165) is 22.0 Å². The van der Waals surface area contributed by atoms with Crippen LogP contribution in [0, 0.1) is 6.92 Å². The number of alkyl halides is 3. The molecular formula is C15H16F3N3OS. The van der Waals surface area contributed by atoms with Crippen LogP contribution in [0.25, 0.3) is 0 Å². The van der Waals surface area contributed by atoms with Gasteiger partial charge >= 0.3 is 12.2 Å². The highest BCUT2D eigenvalue weighted by atomic mass is 32.1. The van der Waals surface area contributed by atoms with Gasteiger partial charge in [0.15, 0.2) is 0 Å². The van der Waals surface area contributed by atoms with Crippen molar-refractivity contribution < 1.29 is 18.0 Å². The van der Waals surface area contributed by atoms with E-state index in [0.29, 0.717) is 12.1 Å². The normalized spacial score (nSPS) is 12.7. The van der Waals surface area contributed by atoms with Crippen molar-refractivity contribution in [1.82, 2.24) is 15.6 Å². The second kappa shape index (κ2) is 6.99. The Morgan fingerprint density at radius 3 is 2.48 bits per heavy atom. The first-order valence-electron chi connectivity index (χ1n) is 6.88. The fourth-order valence-corrected chi connectivity index (χ4v) is 2.68. The van der Waals surface area contributed by atoms with Crippen molar-refractivity contribution >= 4 is 17.4 Å². The zero-order valence-electron chi connectivity index (χ0n) is 12.6. The van der Waals surface area contributed by atoms with Crippen molar-refractivity contribution in [2.45, 2.75) is 32.6 Å². The van der Waals surface area contributed by atoms with E-state index >= 15 is 0 Å². The lowest BCUT2D eigenvalue weighted by Gasteiger charge is -2.16. The molecule has 124 valence electrons. The molecule has 2 N–H and O–H groups in total. The van der Waals surface area contributed by atoms with Crippen LogP contribution in [0.3, 0.4) is 0 Å². The quantitative estimate of drug-likeness (QED) is 0.881. The van der Waals surface area contributed by atoms with E-state index in [1.54, 1.807) is 13.1 Å². The van der Waals surface area contributed by atoms with Crippen molar-refractivity contribution in [2.75, 3.05) is 0 Å². The highest BCUT2D eigenvalue weighted by molar-refractivity contribution is 7.11. The minimum atomic E-state index is -4.36. The minimum Gasteiger partial charge on any atom is -0.333 e. The second-order valence-corrected chi connectivity index (χ2v) is 6.33. The van der Waals surface area contributed by atoms with Crippen LogP contribution in [0.15, 0.2) is 30.5 Å². The van der Waals surface area contributed by atoms with Gasteiger partial charge in [0, 0.05) is 11.1 Å². The Kier molecular flexibility index (Phi) is 5.25. The molecule has 1 aromatic carbocycles. The molecule has 0 fully saturated rings. The van der Waals surface area contributed by atoms with Crippen molar-refractivity contribution in [3.8, 4) is 0 Å². The van der Waals surface area contributed by atoms with Gasteiger partial charge in [-0.1, -0.05) is 12.1 Å². The Morgan fingerprint density at radius 1 is 1.30 bits per heavy atom. The number of amides is 2. The van der Waals surface area contributed by atoms with E-state index in [1.807, 2.05) is 6.92 Å². The minimum absolute atomic E-state index is 0.358. The van der Waals surface area contributed by atoms with Crippen LogP contribution < -0.4 is 10.6 Å². The molecule has 0 saturated carbocycles. The maximum Gasteiger partial charge on any atom is 0.416 e. The number of hydrogen-bond acceptors (Lipinski definition) is 3. The summed E-state index contributed by atoms with van der Waals surface area (Å²) < 4.78 is 37.5. The number of thiazole rings is 1. The molecule has 1 unspecified atom stereocenters. The van der Waals surface area contributed by atoms with Gasteiger partial charge in [-0.2, -0.15) is 13.2 Å². The van der Waals surface area contributed by atoms with Crippen molar-refractivity contribution in [3.63, 3.8) is 0 Å². The van der Waals surface area contributed by atoms with Crippen LogP contribution >= 0.6 is 11.3 Å². The monoisotopic (exact) mass is 343 g/mol. The molecule has 2 aromatic rings. The molecule has 8 heteroatoms. The summed E-state index contributed by atoms with van der Waals surface area (Å²) in [5.41, 5.74) is -0.111. The lowest BCUT2D eigenvalue weighted by atomic mass is 10.1. The van der Waals surface area contributed by atoms with Crippen molar-refractivity contribution in [1.29, 1.82) is 0 Å². The number of carbonyl (C=O) groups excluding carboxylic acids is 1. The predicted molar refractivity (Wildman–Crippen MR) is 82.1 cm³/mol. The molecule has 2 amide bonds. The molecule has 0 spiro atoms. The van der Waals surface area contributed by atoms with Crippen LogP contribution in [-0.4, -0.2) is 11.0 Å². The van der Waals surface area contributed by atoms with Crippen LogP contribution in [0.2, 0.25) is 0 Å². The Labute approximate surface area is 135 Å². The first-order chi connectivity index (χ1) is 10.8. The van der Waals surface area contributed by atoms with Gasteiger partial charge in [0.2, 0.25) is 0 Å². The topological polar surface area (TPSA) is 54.0 Å². The third kappa shape index (κ3) is 4.95. The molecule has 0 aliphatic carbocycles. The summed E-state index contributed by atoms with van der Waals surface area (Å²) >= 11 is 1.49. The Bertz CT molecular complexity index is 667. The summed E-state index contributed by atoms with van der Waals surface area (Å²) in [6.07, 6.45) is -2.67. The Morgan fingerprint density at radius 2 is 1.96 bits per heavy atom. The average Bonchev–Trinajstić information content (AvgIpc) is 2.90. The van der Waals surface area contributed by atoms with E-state index in [1.165, 1.54) is 23.5 Å². The van der Waals surface area contributed by atoms with E-state index in [2.05, 4.69) is 15.6 Å². The van der Waals surface area contributed by atoms with Crippen LogP contribution in [0.1, 0.15) is 34.0 Å². The number of rotatable bonds is 4. The zero-order valence-corrected chi connectivity index (χ0v) is 13.4. The van der Waals surface area contributed by atoms with E-state index < -0.39 is 17.8 Å². The van der Waals surface area contributed by atoms with Gasteiger partial charge in [0.25, 0.3) is 0 Å². The summed E-state index contributed by atoms with van der Waals surface area (Å²) in [6, 6.07) is 3.95. The number of hydrogen-bond donors (Lipinski definition) is 2. The molecule has 1 aromatic heterocycles. The molecule has 2 rings (SSSR count). The van der Waals surface area contributed by atoms with Crippen LogP contribution in [0.5, 0.6) is 0 Å². The van der Waals surface area contributed by atoms with Gasteiger partial charge < -0.3 is 10.6 Å². The second-order valence-electron chi connectivity index (χ2n) is 5.01. The first kappa shape index (κ1) is 17.3. The number of halogens is 3. The predicted octanol–water partition coefficient (Wildman–Crippen LogP) is 4.03. The number of aryl methyl sites for hydroxylation is 1. The first-order valence-corrected chi connectivity index (χ1v) is 7.70. The Balaban J connectivity index is 1.88. The molecule has 0 aliphatic heterocycles. The maximum atomic E-state index is 12.5. The molecule has 0 saturated heterocycles. The van der Waals surface area contributed by atoms with E-state index in [-0.39, 0.29) is 6.03 Å². The molecule has 4 nitrogen and oxygen atoms in total. The van der Waals surface area contributed by atoms with Gasteiger partial charge in [0.05, 0.1) is 23.2 Å². The number of nitrogens with zero attached hydrogens (tertiary/aromatic N) is 1. The van der Waals surface area contributed by atoms with Crippen molar-refractivity contribution in [3.05, 3.63) is 51.5 Å². The summed E-state index contributed by atoms with van der Waals surface area (Å²) in [5, 5.41) is 6.29. The Hall–Kier alpha value is -2.09. The highest BCUT2D eigenvalue weighted by Crippen LogP contribution is 2.29. The van der Waals surface area contributed by atoms with E-state index in [9.17, 15) is 18.0 Å². The lowest BCUT2D eigenvalue weighted by molar-refractivity contribution is -0.137. The number of nitrogens with one attached hydrogen (secondary N) is 2. The number of aromatic nitrogens is 1. The average molecular weight is 343 g/mol. The smallest absolute Gasteiger partial charge is 0.333 e. The van der Waals surface area contributed by atoms with Crippen molar-refractivity contribution in [2.24, 2.45) is 0 Å². The van der Waals surface area contributed by atoms with Gasteiger partial charge in [-0.15, -0.1) is 11.3 Å². The fourth-order valence-electron chi connectivity index (χ4n) is 1.95. The lowest BCUT2D eigenvalue weighted by Crippen LogP contribution is -2.36. The molecule has 1 atom stereocenters. The third-order valence-electron chi connectivity index (χ3n) is 3.18. The van der Waals surface area contributed by atoms with Crippen LogP contribution in [-0.2, 0) is 12.7 Å². The zero-order chi connectivity index (χ0) is 17.0. The molecule has 1 heterocycles. The summed E-state index contributed by atoms with van der Waals surface area (Å²) in [6.45, 7) is 3.94. The molecule has 0 radical (unpaired) electrons. The number of carbonyl (C=O) groups is 1. The largest absolute Gasteiger partial charge is 0.416 e. The summed E-state index contributed by atoms with van der Waals surface area (Å²) in [7, 11) is 0. The van der Waals surface area contributed by atoms with Gasteiger partial charge in [0.1, 0.15) is 0 Å². The summed E-state index contributed by atoms with van der Waals surface area (Å²) in [5.74, 6) is 0. The summed E-state index contributed by atoms with van der Waals surface area (Å²) in [4.78, 5) is 16.8. The highest BCUT2D eigenvalue weighted by Gasteiger charge is 2.30. The fraction of sp³-hybridized carbons (Fsp3) is 0.333. The maximum absolute atomic E-state index is 12.5. The molecule has 0 aliphatic rings. The molecular weight excluding hydrogens is 327 g/mol. The standard InChI is InChI=1S/C15H16F3N3OS/c1-9(11-3-5-12(6-4-11)15(16,17)18)21-14(22)20-8-13-7-19-10(2)23-13/h3-7,9H,8H2,1-2H3,(H2,20,21,22). The number of benzene rings is 1. The van der Waals surface area contributed by atoms with Crippen LogP contribution in [0.4, 0.5) is 18.0 Å². The van der Waals surface area contributed by atoms with Gasteiger partial charge in [-0.05, 0) is 31.5 Å². The SMILES string of the molecule is Cc1ncc(CNC(=O)NC(C)c2ccc(C(F)(F)F)cc2)s1.